The van der Waals surface area contributed by atoms with Crippen LogP contribution in [0, 0.1) is 22.7 Å². The third kappa shape index (κ3) is 4.98. The van der Waals surface area contributed by atoms with Crippen molar-refractivity contribution in [3.63, 3.8) is 0 Å². The summed E-state index contributed by atoms with van der Waals surface area (Å²) in [6.45, 7) is 2.03. The summed E-state index contributed by atoms with van der Waals surface area (Å²) in [7, 11) is 0. The fourth-order valence-electron chi connectivity index (χ4n) is 4.37. The van der Waals surface area contributed by atoms with Gasteiger partial charge in [-0.1, -0.05) is 47.5 Å². The van der Waals surface area contributed by atoms with Gasteiger partial charge in [0.25, 0.3) is 0 Å². The van der Waals surface area contributed by atoms with Crippen molar-refractivity contribution in [2.45, 2.75) is 12.1 Å². The molecule has 3 aromatic carbocycles. The van der Waals surface area contributed by atoms with Gasteiger partial charge in [0, 0.05) is 24.7 Å². The summed E-state index contributed by atoms with van der Waals surface area (Å²) in [5.74, 6) is 0. The maximum atomic E-state index is 10.2. The molecule has 1 heterocycles. The van der Waals surface area contributed by atoms with Crippen molar-refractivity contribution in [1.29, 1.82) is 10.5 Å². The van der Waals surface area contributed by atoms with Crippen molar-refractivity contribution < 1.29 is 5.11 Å². The Labute approximate surface area is 203 Å². The standard InChI is InChI=1S/C26H22Cl2N4O/c27-22-8-6-20(7-9-22)25-16-31(26(17-33)21-4-1-18(14-29)2-5-21)11-12-32(25)24-10-3-19(15-30)13-23(24)28/h1-10,13,25-26,33H,11-12,16-17H2/t25-,26-/m0/s1. The Hall–Kier alpha value is -3.06. The number of nitriles is 2. The number of piperazine rings is 1. The third-order valence-corrected chi connectivity index (χ3v) is 6.65. The number of halogens is 2. The molecule has 0 aromatic heterocycles. The number of benzene rings is 3. The van der Waals surface area contributed by atoms with Crippen molar-refractivity contribution >= 4 is 28.9 Å². The molecule has 0 radical (unpaired) electrons. The maximum absolute atomic E-state index is 10.2. The SMILES string of the molecule is N#Cc1ccc([C@H](CO)N2CCN(c3ccc(C#N)cc3Cl)[C@H](c3ccc(Cl)cc3)C2)cc1. The average molecular weight is 477 g/mol. The first-order chi connectivity index (χ1) is 16.0. The highest BCUT2D eigenvalue weighted by molar-refractivity contribution is 6.33. The Morgan fingerprint density at radius 2 is 1.58 bits per heavy atom. The normalized spacial score (nSPS) is 17.2. The highest BCUT2D eigenvalue weighted by atomic mass is 35.5. The van der Waals surface area contributed by atoms with E-state index in [4.69, 9.17) is 28.5 Å². The molecular weight excluding hydrogens is 455 g/mol. The fourth-order valence-corrected chi connectivity index (χ4v) is 4.78. The minimum atomic E-state index is -0.189. The minimum absolute atomic E-state index is 0.0309. The molecule has 1 aliphatic heterocycles. The first-order valence-electron chi connectivity index (χ1n) is 10.6. The number of hydrogen-bond donors (Lipinski definition) is 1. The Bertz CT molecular complexity index is 1200. The van der Waals surface area contributed by atoms with Crippen LogP contribution in [0.1, 0.15) is 34.3 Å². The summed E-state index contributed by atoms with van der Waals surface area (Å²) in [6, 6.07) is 24.5. The third-order valence-electron chi connectivity index (χ3n) is 6.09. The van der Waals surface area contributed by atoms with Gasteiger partial charge in [-0.15, -0.1) is 0 Å². The lowest BCUT2D eigenvalue weighted by molar-refractivity contribution is 0.103. The lowest BCUT2D eigenvalue weighted by atomic mass is 9.97. The zero-order valence-corrected chi connectivity index (χ0v) is 19.3. The van der Waals surface area contributed by atoms with E-state index >= 15 is 0 Å². The molecule has 7 heteroatoms. The Kier molecular flexibility index (Phi) is 7.18. The van der Waals surface area contributed by atoms with E-state index in [0.29, 0.717) is 40.8 Å². The van der Waals surface area contributed by atoms with Gasteiger partial charge in [0.2, 0.25) is 0 Å². The van der Waals surface area contributed by atoms with Gasteiger partial charge in [0.15, 0.2) is 0 Å². The van der Waals surface area contributed by atoms with Crippen LogP contribution in [-0.4, -0.2) is 36.2 Å². The van der Waals surface area contributed by atoms with Crippen LogP contribution in [0.15, 0.2) is 66.7 Å². The molecule has 4 rings (SSSR count). The van der Waals surface area contributed by atoms with Crippen molar-refractivity contribution in [2.75, 3.05) is 31.1 Å². The number of aliphatic hydroxyl groups is 1. The van der Waals surface area contributed by atoms with Crippen molar-refractivity contribution in [1.82, 2.24) is 4.90 Å². The van der Waals surface area contributed by atoms with Gasteiger partial charge in [-0.3, -0.25) is 4.90 Å². The Morgan fingerprint density at radius 3 is 2.18 bits per heavy atom. The largest absolute Gasteiger partial charge is 0.394 e. The Balaban J connectivity index is 1.68. The average Bonchev–Trinajstić information content (AvgIpc) is 2.85. The van der Waals surface area contributed by atoms with E-state index in [9.17, 15) is 10.4 Å². The van der Waals surface area contributed by atoms with E-state index in [1.165, 1.54) is 0 Å². The molecular formula is C26H22Cl2N4O. The molecule has 166 valence electrons. The number of aliphatic hydroxyl groups excluding tert-OH is 1. The fraction of sp³-hybridized carbons (Fsp3) is 0.231. The van der Waals surface area contributed by atoms with Gasteiger partial charge >= 0.3 is 0 Å². The molecule has 1 aliphatic rings. The lowest BCUT2D eigenvalue weighted by Gasteiger charge is -2.46. The summed E-state index contributed by atoms with van der Waals surface area (Å²) in [4.78, 5) is 4.51. The van der Waals surface area contributed by atoms with E-state index in [1.807, 2.05) is 42.5 Å². The molecule has 1 fully saturated rings. The molecule has 1 saturated heterocycles. The zero-order valence-electron chi connectivity index (χ0n) is 17.8. The van der Waals surface area contributed by atoms with Crippen LogP contribution in [0.5, 0.6) is 0 Å². The van der Waals surface area contributed by atoms with Gasteiger partial charge in [-0.25, -0.2) is 0 Å². The maximum Gasteiger partial charge on any atom is 0.0992 e. The molecule has 2 atom stereocenters. The first-order valence-corrected chi connectivity index (χ1v) is 11.4. The number of nitrogens with zero attached hydrogens (tertiary/aromatic N) is 4. The van der Waals surface area contributed by atoms with Crippen LogP contribution in [0.3, 0.4) is 0 Å². The highest BCUT2D eigenvalue weighted by Gasteiger charge is 2.33. The van der Waals surface area contributed by atoms with Crippen LogP contribution in [0.25, 0.3) is 0 Å². The van der Waals surface area contributed by atoms with Gasteiger partial charge in [0.1, 0.15) is 0 Å². The summed E-state index contributed by atoms with van der Waals surface area (Å²) < 4.78 is 0. The quantitative estimate of drug-likeness (QED) is 0.538. The number of hydrogen-bond acceptors (Lipinski definition) is 5. The number of rotatable bonds is 5. The second kappa shape index (κ2) is 10.3. The van der Waals surface area contributed by atoms with Crippen molar-refractivity contribution in [3.05, 3.63) is 99.0 Å². The molecule has 3 aromatic rings. The molecule has 0 amide bonds. The van der Waals surface area contributed by atoms with Gasteiger partial charge in [0.05, 0.1) is 52.7 Å². The smallest absolute Gasteiger partial charge is 0.0992 e. The first kappa shape index (κ1) is 23.1. The van der Waals surface area contributed by atoms with E-state index in [1.54, 1.807) is 24.3 Å². The number of anilines is 1. The van der Waals surface area contributed by atoms with Crippen LogP contribution in [0.4, 0.5) is 5.69 Å². The molecule has 5 nitrogen and oxygen atoms in total. The molecule has 33 heavy (non-hydrogen) atoms. The summed E-state index contributed by atoms with van der Waals surface area (Å²) >= 11 is 12.7. The summed E-state index contributed by atoms with van der Waals surface area (Å²) in [5, 5.41) is 29.7. The van der Waals surface area contributed by atoms with Crippen LogP contribution < -0.4 is 4.90 Å². The van der Waals surface area contributed by atoms with E-state index < -0.39 is 0 Å². The predicted octanol–water partition coefficient (Wildman–Crippen LogP) is 5.33. The molecule has 0 unspecified atom stereocenters. The predicted molar refractivity (Wildman–Crippen MR) is 130 cm³/mol. The topological polar surface area (TPSA) is 74.3 Å². The molecule has 0 bridgehead atoms. The summed E-state index contributed by atoms with van der Waals surface area (Å²) in [6.07, 6.45) is 0. The van der Waals surface area contributed by atoms with E-state index in [0.717, 1.165) is 16.8 Å². The highest BCUT2D eigenvalue weighted by Crippen LogP contribution is 2.38. The van der Waals surface area contributed by atoms with Gasteiger partial charge in [-0.05, 0) is 53.6 Å². The molecule has 1 N–H and O–H groups in total. The second-order valence-corrected chi connectivity index (χ2v) is 8.81. The van der Waals surface area contributed by atoms with Gasteiger partial charge < -0.3 is 10.0 Å². The molecule has 0 spiro atoms. The van der Waals surface area contributed by atoms with Crippen molar-refractivity contribution in [3.8, 4) is 12.1 Å². The van der Waals surface area contributed by atoms with Crippen molar-refractivity contribution in [2.24, 2.45) is 0 Å². The summed E-state index contributed by atoms with van der Waals surface area (Å²) in [5.41, 5.74) is 4.03. The van der Waals surface area contributed by atoms with E-state index in [2.05, 4.69) is 21.9 Å². The monoisotopic (exact) mass is 476 g/mol. The van der Waals surface area contributed by atoms with E-state index in [-0.39, 0.29) is 18.7 Å². The minimum Gasteiger partial charge on any atom is -0.394 e. The van der Waals surface area contributed by atoms with Gasteiger partial charge in [-0.2, -0.15) is 10.5 Å². The second-order valence-electron chi connectivity index (χ2n) is 7.97. The molecule has 0 saturated carbocycles. The van der Waals surface area contributed by atoms with Crippen LogP contribution in [-0.2, 0) is 0 Å². The zero-order chi connectivity index (χ0) is 23.4. The molecule has 0 aliphatic carbocycles. The van der Waals surface area contributed by atoms with Crippen LogP contribution >= 0.6 is 23.2 Å². The Morgan fingerprint density at radius 1 is 0.909 bits per heavy atom. The van der Waals surface area contributed by atoms with Crippen LogP contribution in [0.2, 0.25) is 10.0 Å². The lowest BCUT2D eigenvalue weighted by Crippen LogP contribution is -2.50.